The second-order valence-electron chi connectivity index (χ2n) is 5.00. The van der Waals surface area contributed by atoms with Crippen LogP contribution in [-0.4, -0.2) is 25.0 Å². The van der Waals surface area contributed by atoms with Crippen LogP contribution in [0.15, 0.2) is 30.3 Å². The summed E-state index contributed by atoms with van der Waals surface area (Å²) in [5, 5.41) is 3.24. The van der Waals surface area contributed by atoms with Gasteiger partial charge in [0, 0.05) is 17.6 Å². The first-order valence-electron chi connectivity index (χ1n) is 6.85. The Morgan fingerprint density at radius 1 is 1.33 bits per heavy atom. The summed E-state index contributed by atoms with van der Waals surface area (Å²) in [5.74, 6) is -0.351. The second kappa shape index (κ2) is 9.19. The van der Waals surface area contributed by atoms with Crippen molar-refractivity contribution in [3.63, 3.8) is 0 Å². The van der Waals surface area contributed by atoms with Gasteiger partial charge in [0.15, 0.2) is 6.61 Å². The van der Waals surface area contributed by atoms with Crippen LogP contribution in [0.1, 0.15) is 25.8 Å². The Bertz CT molecular complexity index is 512. The van der Waals surface area contributed by atoms with Gasteiger partial charge in [0.05, 0.1) is 0 Å². The quantitative estimate of drug-likeness (QED) is 0.622. The number of halogens is 1. The maximum absolute atomic E-state index is 11.5. The molecule has 0 saturated carbocycles. The van der Waals surface area contributed by atoms with Crippen LogP contribution in [-0.2, 0) is 14.3 Å². The fourth-order valence-electron chi connectivity index (χ4n) is 1.50. The van der Waals surface area contributed by atoms with E-state index in [1.807, 2.05) is 6.07 Å². The summed E-state index contributed by atoms with van der Waals surface area (Å²) in [5.41, 5.74) is 0.720. The van der Waals surface area contributed by atoms with Crippen LogP contribution in [0.3, 0.4) is 0 Å². The second-order valence-corrected chi connectivity index (χ2v) is 5.40. The minimum absolute atomic E-state index is 0.274. The molecule has 0 aliphatic carbocycles. The van der Waals surface area contributed by atoms with E-state index < -0.39 is 5.97 Å². The average Bonchev–Trinajstić information content (AvgIpc) is 2.44. The maximum Gasteiger partial charge on any atom is 0.331 e. The first kappa shape index (κ1) is 17.2. The van der Waals surface area contributed by atoms with E-state index in [-0.39, 0.29) is 12.5 Å². The molecule has 21 heavy (non-hydrogen) atoms. The lowest BCUT2D eigenvalue weighted by molar-refractivity contribution is -0.143. The van der Waals surface area contributed by atoms with Crippen molar-refractivity contribution in [2.75, 3.05) is 13.2 Å². The molecule has 0 aliphatic rings. The predicted molar refractivity (Wildman–Crippen MR) is 83.9 cm³/mol. The molecule has 5 heteroatoms. The van der Waals surface area contributed by atoms with Crippen molar-refractivity contribution >= 4 is 29.6 Å². The summed E-state index contributed by atoms with van der Waals surface area (Å²) in [6, 6.07) is 7.14. The minimum atomic E-state index is -0.575. The van der Waals surface area contributed by atoms with E-state index in [0.29, 0.717) is 17.5 Å². The van der Waals surface area contributed by atoms with Crippen molar-refractivity contribution in [1.29, 1.82) is 0 Å². The highest BCUT2D eigenvalue weighted by atomic mass is 35.5. The Morgan fingerprint density at radius 2 is 2.05 bits per heavy atom. The van der Waals surface area contributed by atoms with Crippen LogP contribution < -0.4 is 5.32 Å². The van der Waals surface area contributed by atoms with Crippen LogP contribution >= 0.6 is 11.6 Å². The molecule has 0 saturated heterocycles. The van der Waals surface area contributed by atoms with Gasteiger partial charge in [-0.2, -0.15) is 0 Å². The number of hydrogen-bond acceptors (Lipinski definition) is 3. The van der Waals surface area contributed by atoms with Crippen LogP contribution in [0.25, 0.3) is 6.08 Å². The topological polar surface area (TPSA) is 55.4 Å². The van der Waals surface area contributed by atoms with E-state index >= 15 is 0 Å². The summed E-state index contributed by atoms with van der Waals surface area (Å²) in [6.07, 6.45) is 3.70. The lowest BCUT2D eigenvalue weighted by Gasteiger charge is -2.07. The third-order valence-corrected chi connectivity index (χ3v) is 3.04. The number of esters is 1. The van der Waals surface area contributed by atoms with Gasteiger partial charge < -0.3 is 10.1 Å². The van der Waals surface area contributed by atoms with Crippen molar-refractivity contribution in [3.8, 4) is 0 Å². The van der Waals surface area contributed by atoms with Gasteiger partial charge in [0.1, 0.15) is 0 Å². The highest BCUT2D eigenvalue weighted by Gasteiger charge is 2.05. The molecular weight excluding hydrogens is 290 g/mol. The number of carbonyl (C=O) groups excluding carboxylic acids is 2. The number of nitrogens with one attached hydrogen (secondary N) is 1. The van der Waals surface area contributed by atoms with E-state index in [0.717, 1.165) is 12.0 Å². The highest BCUT2D eigenvalue weighted by molar-refractivity contribution is 6.32. The summed E-state index contributed by atoms with van der Waals surface area (Å²) in [4.78, 5) is 22.9. The fraction of sp³-hybridized carbons (Fsp3) is 0.375. The standard InChI is InChI=1S/C16H20ClNO3/c1-12(2)9-10-18-15(19)11-21-16(20)8-7-13-5-3-4-6-14(13)17/h3-8,12H,9-11H2,1-2H3,(H,18,19)/b8-7+. The SMILES string of the molecule is CC(C)CCNC(=O)COC(=O)/C=C/c1ccccc1Cl. The van der Waals surface area contributed by atoms with Gasteiger partial charge in [-0.1, -0.05) is 43.6 Å². The van der Waals surface area contributed by atoms with Gasteiger partial charge in [0.2, 0.25) is 0 Å². The normalized spacial score (nSPS) is 10.9. The zero-order valence-electron chi connectivity index (χ0n) is 12.3. The molecule has 1 aromatic carbocycles. The highest BCUT2D eigenvalue weighted by Crippen LogP contribution is 2.16. The largest absolute Gasteiger partial charge is 0.452 e. The first-order chi connectivity index (χ1) is 9.99. The molecule has 4 nitrogen and oxygen atoms in total. The smallest absolute Gasteiger partial charge is 0.331 e. The molecule has 0 radical (unpaired) electrons. The molecule has 1 aromatic rings. The lowest BCUT2D eigenvalue weighted by Crippen LogP contribution is -2.29. The van der Waals surface area contributed by atoms with Gasteiger partial charge in [-0.05, 0) is 30.0 Å². The molecule has 1 N–H and O–H groups in total. The molecular formula is C16H20ClNO3. The average molecular weight is 310 g/mol. The van der Waals surface area contributed by atoms with Crippen LogP contribution in [0.2, 0.25) is 5.02 Å². The molecule has 1 rings (SSSR count). The number of benzene rings is 1. The maximum atomic E-state index is 11.5. The van der Waals surface area contributed by atoms with Crippen molar-refractivity contribution in [2.24, 2.45) is 5.92 Å². The summed E-state index contributed by atoms with van der Waals surface area (Å²) < 4.78 is 4.84. The van der Waals surface area contributed by atoms with E-state index in [1.54, 1.807) is 24.3 Å². The van der Waals surface area contributed by atoms with Gasteiger partial charge >= 0.3 is 5.97 Å². The molecule has 0 atom stereocenters. The molecule has 0 bridgehead atoms. The molecule has 0 heterocycles. The van der Waals surface area contributed by atoms with Crippen LogP contribution in [0.5, 0.6) is 0 Å². The van der Waals surface area contributed by atoms with Crippen molar-refractivity contribution < 1.29 is 14.3 Å². The summed E-state index contributed by atoms with van der Waals surface area (Å²) in [7, 11) is 0. The third-order valence-electron chi connectivity index (χ3n) is 2.69. The number of ether oxygens (including phenoxy) is 1. The van der Waals surface area contributed by atoms with Gasteiger partial charge in [0.25, 0.3) is 5.91 Å². The Balaban J connectivity index is 2.31. The van der Waals surface area contributed by atoms with Crippen molar-refractivity contribution in [1.82, 2.24) is 5.32 Å². The molecule has 0 unspecified atom stereocenters. The monoisotopic (exact) mass is 309 g/mol. The zero-order chi connectivity index (χ0) is 15.7. The fourth-order valence-corrected chi connectivity index (χ4v) is 1.70. The predicted octanol–water partition coefficient (Wildman–Crippen LogP) is 3.06. The lowest BCUT2D eigenvalue weighted by atomic mass is 10.1. The summed E-state index contributed by atoms with van der Waals surface area (Å²) in [6.45, 7) is 4.46. The third kappa shape index (κ3) is 7.51. The van der Waals surface area contributed by atoms with Crippen LogP contribution in [0, 0.1) is 5.92 Å². The molecule has 0 spiro atoms. The molecule has 0 aromatic heterocycles. The molecule has 1 amide bonds. The van der Waals surface area contributed by atoms with E-state index in [9.17, 15) is 9.59 Å². The zero-order valence-corrected chi connectivity index (χ0v) is 13.0. The van der Waals surface area contributed by atoms with E-state index in [1.165, 1.54) is 6.08 Å². The van der Waals surface area contributed by atoms with Gasteiger partial charge in [-0.15, -0.1) is 0 Å². The Kier molecular flexibility index (Phi) is 7.54. The van der Waals surface area contributed by atoms with E-state index in [2.05, 4.69) is 19.2 Å². The van der Waals surface area contributed by atoms with Gasteiger partial charge in [-0.3, -0.25) is 4.79 Å². The number of carbonyl (C=O) groups is 2. The summed E-state index contributed by atoms with van der Waals surface area (Å²) >= 11 is 5.95. The Morgan fingerprint density at radius 3 is 2.71 bits per heavy atom. The minimum Gasteiger partial charge on any atom is -0.452 e. The number of amides is 1. The van der Waals surface area contributed by atoms with Gasteiger partial charge in [-0.25, -0.2) is 4.79 Å². The van der Waals surface area contributed by atoms with E-state index in [4.69, 9.17) is 16.3 Å². The van der Waals surface area contributed by atoms with Crippen molar-refractivity contribution in [3.05, 3.63) is 40.9 Å². The number of hydrogen-bond donors (Lipinski definition) is 1. The van der Waals surface area contributed by atoms with Crippen molar-refractivity contribution in [2.45, 2.75) is 20.3 Å². The molecule has 0 aliphatic heterocycles. The van der Waals surface area contributed by atoms with Crippen LogP contribution in [0.4, 0.5) is 0 Å². The molecule has 114 valence electrons. The molecule has 0 fully saturated rings. The Labute approximate surface area is 130 Å². The number of rotatable bonds is 7. The Hall–Kier alpha value is -1.81. The first-order valence-corrected chi connectivity index (χ1v) is 7.23.